The molecule has 1 aromatic heterocycles. The Labute approximate surface area is 105 Å². The smallest absolute Gasteiger partial charge is 0.150 e. The number of hydrogen-bond donors (Lipinski definition) is 1. The molecule has 1 heterocycles. The lowest BCUT2D eigenvalue weighted by Gasteiger charge is -2.10. The molecule has 2 nitrogen and oxygen atoms in total. The number of anilines is 1. The highest BCUT2D eigenvalue weighted by atomic mass is 35.5. The van der Waals surface area contributed by atoms with E-state index in [1.165, 1.54) is 6.07 Å². The summed E-state index contributed by atoms with van der Waals surface area (Å²) in [5, 5.41) is 4.15. The van der Waals surface area contributed by atoms with E-state index in [0.29, 0.717) is 10.5 Å². The zero-order chi connectivity index (χ0) is 12.4. The van der Waals surface area contributed by atoms with Crippen LogP contribution in [0.15, 0.2) is 18.2 Å². The minimum atomic E-state index is -0.382. The third-order valence-corrected chi connectivity index (χ3v) is 2.89. The van der Waals surface area contributed by atoms with Crippen molar-refractivity contribution in [1.82, 2.24) is 4.98 Å². The molecule has 0 amide bonds. The van der Waals surface area contributed by atoms with E-state index in [1.54, 1.807) is 13.1 Å². The Kier molecular flexibility index (Phi) is 3.48. The molecule has 0 atom stereocenters. The monoisotopic (exact) mass is 252 g/mol. The number of fused-ring (bicyclic) bond motifs is 1. The van der Waals surface area contributed by atoms with Crippen molar-refractivity contribution in [3.05, 3.63) is 34.6 Å². The van der Waals surface area contributed by atoms with E-state index in [0.717, 1.165) is 29.6 Å². The van der Waals surface area contributed by atoms with Gasteiger partial charge in [0.2, 0.25) is 0 Å². The number of nitrogens with zero attached hydrogens (tertiary/aromatic N) is 1. The topological polar surface area (TPSA) is 24.9 Å². The molecule has 2 rings (SSSR count). The van der Waals surface area contributed by atoms with E-state index in [-0.39, 0.29) is 5.82 Å². The van der Waals surface area contributed by atoms with Gasteiger partial charge < -0.3 is 5.32 Å². The van der Waals surface area contributed by atoms with Crippen molar-refractivity contribution in [2.45, 2.75) is 19.8 Å². The number of aromatic nitrogens is 1. The molecule has 2 aromatic rings. The summed E-state index contributed by atoms with van der Waals surface area (Å²) >= 11 is 5.84. The van der Waals surface area contributed by atoms with Crippen LogP contribution in [0.3, 0.4) is 0 Å². The summed E-state index contributed by atoms with van der Waals surface area (Å²) in [4.78, 5) is 4.31. The van der Waals surface area contributed by atoms with E-state index in [2.05, 4.69) is 17.2 Å². The standard InChI is InChI=1S/C13H14ClFN2/c1-3-4-8-5-9-6-10(14)7-11(15)12(9)17-13(8)16-2/h5-7H,3-4H2,1-2H3,(H,16,17). The number of rotatable bonds is 3. The van der Waals surface area contributed by atoms with Gasteiger partial charge in [-0.05, 0) is 30.2 Å². The minimum Gasteiger partial charge on any atom is -0.373 e. The Bertz CT molecular complexity index is 555. The number of benzene rings is 1. The molecule has 1 N–H and O–H groups in total. The lowest BCUT2D eigenvalue weighted by Crippen LogP contribution is -2.00. The fourth-order valence-electron chi connectivity index (χ4n) is 1.93. The van der Waals surface area contributed by atoms with Crippen molar-refractivity contribution in [3.63, 3.8) is 0 Å². The fraction of sp³-hybridized carbons (Fsp3) is 0.308. The summed E-state index contributed by atoms with van der Waals surface area (Å²) in [6, 6.07) is 4.98. The molecule has 0 saturated carbocycles. The first-order valence-electron chi connectivity index (χ1n) is 5.62. The number of halogens is 2. The molecule has 0 bridgehead atoms. The molecule has 0 saturated heterocycles. The second-order valence-corrected chi connectivity index (χ2v) is 4.39. The first-order valence-corrected chi connectivity index (χ1v) is 6.00. The van der Waals surface area contributed by atoms with Gasteiger partial charge in [0.25, 0.3) is 0 Å². The summed E-state index contributed by atoms with van der Waals surface area (Å²) in [6.45, 7) is 2.10. The molecular formula is C13H14ClFN2. The average molecular weight is 253 g/mol. The molecule has 4 heteroatoms. The molecule has 0 aliphatic rings. The van der Waals surface area contributed by atoms with Crippen molar-refractivity contribution in [1.29, 1.82) is 0 Å². The largest absolute Gasteiger partial charge is 0.373 e. The minimum absolute atomic E-state index is 0.360. The Balaban J connectivity index is 2.69. The number of aryl methyl sites for hydroxylation is 1. The van der Waals surface area contributed by atoms with Gasteiger partial charge in [-0.3, -0.25) is 0 Å². The van der Waals surface area contributed by atoms with Crippen LogP contribution in [0.1, 0.15) is 18.9 Å². The number of nitrogens with one attached hydrogen (secondary N) is 1. The van der Waals surface area contributed by atoms with Crippen molar-refractivity contribution in [2.24, 2.45) is 0 Å². The van der Waals surface area contributed by atoms with Crippen LogP contribution < -0.4 is 5.32 Å². The summed E-state index contributed by atoms with van der Waals surface area (Å²) in [7, 11) is 1.79. The molecule has 0 aliphatic heterocycles. The summed E-state index contributed by atoms with van der Waals surface area (Å²) < 4.78 is 13.7. The van der Waals surface area contributed by atoms with Crippen LogP contribution in [0.5, 0.6) is 0 Å². The van der Waals surface area contributed by atoms with Gasteiger partial charge in [-0.25, -0.2) is 9.37 Å². The highest BCUT2D eigenvalue weighted by molar-refractivity contribution is 6.31. The Morgan fingerprint density at radius 3 is 2.76 bits per heavy atom. The van der Waals surface area contributed by atoms with Gasteiger partial charge in [0.15, 0.2) is 5.82 Å². The molecule has 0 aliphatic carbocycles. The number of hydrogen-bond acceptors (Lipinski definition) is 2. The van der Waals surface area contributed by atoms with Gasteiger partial charge in [-0.15, -0.1) is 0 Å². The van der Waals surface area contributed by atoms with Crippen molar-refractivity contribution < 1.29 is 4.39 Å². The maximum absolute atomic E-state index is 13.7. The average Bonchev–Trinajstić information content (AvgIpc) is 2.28. The predicted octanol–water partition coefficient (Wildman–Crippen LogP) is 4.02. The Morgan fingerprint density at radius 2 is 2.12 bits per heavy atom. The van der Waals surface area contributed by atoms with E-state index >= 15 is 0 Å². The molecule has 17 heavy (non-hydrogen) atoms. The van der Waals surface area contributed by atoms with Gasteiger partial charge in [0, 0.05) is 17.5 Å². The molecular weight excluding hydrogens is 239 g/mol. The number of pyridine rings is 1. The second-order valence-electron chi connectivity index (χ2n) is 3.96. The quantitative estimate of drug-likeness (QED) is 0.892. The summed E-state index contributed by atoms with van der Waals surface area (Å²) in [5.74, 6) is 0.354. The van der Waals surface area contributed by atoms with Crippen LogP contribution in [0.2, 0.25) is 5.02 Å². The van der Waals surface area contributed by atoms with Gasteiger partial charge >= 0.3 is 0 Å². The third kappa shape index (κ3) is 2.34. The normalized spacial score (nSPS) is 10.8. The molecule has 0 unspecified atom stereocenters. The van der Waals surface area contributed by atoms with Crippen LogP contribution in [0, 0.1) is 5.82 Å². The summed E-state index contributed by atoms with van der Waals surface area (Å²) in [5.41, 5.74) is 1.45. The van der Waals surface area contributed by atoms with E-state index in [4.69, 9.17) is 11.6 Å². The van der Waals surface area contributed by atoms with Gasteiger partial charge in [-0.1, -0.05) is 24.9 Å². The van der Waals surface area contributed by atoms with Crippen LogP contribution in [0.4, 0.5) is 10.2 Å². The van der Waals surface area contributed by atoms with Crippen LogP contribution in [0.25, 0.3) is 10.9 Å². The van der Waals surface area contributed by atoms with Crippen LogP contribution in [-0.2, 0) is 6.42 Å². The van der Waals surface area contributed by atoms with E-state index in [9.17, 15) is 4.39 Å². The lowest BCUT2D eigenvalue weighted by molar-refractivity contribution is 0.637. The van der Waals surface area contributed by atoms with Crippen molar-refractivity contribution in [2.75, 3.05) is 12.4 Å². The second kappa shape index (κ2) is 4.88. The van der Waals surface area contributed by atoms with Crippen LogP contribution in [-0.4, -0.2) is 12.0 Å². The van der Waals surface area contributed by atoms with E-state index < -0.39 is 0 Å². The summed E-state index contributed by atoms with van der Waals surface area (Å²) in [6.07, 6.45) is 1.93. The van der Waals surface area contributed by atoms with Gasteiger partial charge in [0.05, 0.1) is 0 Å². The maximum Gasteiger partial charge on any atom is 0.150 e. The highest BCUT2D eigenvalue weighted by Gasteiger charge is 2.09. The Morgan fingerprint density at radius 1 is 1.35 bits per heavy atom. The van der Waals surface area contributed by atoms with Crippen molar-refractivity contribution in [3.8, 4) is 0 Å². The molecule has 0 radical (unpaired) electrons. The SMILES string of the molecule is CCCc1cc2cc(Cl)cc(F)c2nc1NC. The third-order valence-electron chi connectivity index (χ3n) is 2.67. The van der Waals surface area contributed by atoms with Crippen molar-refractivity contribution >= 4 is 28.3 Å². The maximum atomic E-state index is 13.7. The Hall–Kier alpha value is -1.35. The van der Waals surface area contributed by atoms with Crippen LogP contribution >= 0.6 is 11.6 Å². The lowest BCUT2D eigenvalue weighted by atomic mass is 10.1. The molecule has 0 spiro atoms. The molecule has 1 aromatic carbocycles. The first kappa shape index (κ1) is 12.1. The predicted molar refractivity (Wildman–Crippen MR) is 70.3 cm³/mol. The molecule has 0 fully saturated rings. The zero-order valence-corrected chi connectivity index (χ0v) is 10.6. The van der Waals surface area contributed by atoms with E-state index in [1.807, 2.05) is 6.07 Å². The zero-order valence-electron chi connectivity index (χ0n) is 9.85. The first-order chi connectivity index (χ1) is 8.15. The van der Waals surface area contributed by atoms with Gasteiger partial charge in [-0.2, -0.15) is 0 Å². The highest BCUT2D eigenvalue weighted by Crippen LogP contribution is 2.26. The fourth-order valence-corrected chi connectivity index (χ4v) is 2.14. The molecule has 90 valence electrons. The van der Waals surface area contributed by atoms with Gasteiger partial charge in [0.1, 0.15) is 11.3 Å².